The molecular formula is C17H28I2N6. The topological polar surface area (TPSA) is 34.4 Å². The van der Waals surface area contributed by atoms with Crippen molar-refractivity contribution in [2.75, 3.05) is 59.3 Å². The number of hydrogen-bond acceptors (Lipinski definition) is 5. The van der Waals surface area contributed by atoms with Crippen LogP contribution in [0.1, 0.15) is 0 Å². The molecule has 0 spiro atoms. The summed E-state index contributed by atoms with van der Waals surface area (Å²) in [6.07, 6.45) is 3.96. The zero-order valence-corrected chi connectivity index (χ0v) is 19.8. The van der Waals surface area contributed by atoms with Crippen LogP contribution in [0.4, 0.5) is 11.4 Å². The van der Waals surface area contributed by atoms with Crippen molar-refractivity contribution in [1.29, 1.82) is 0 Å². The van der Waals surface area contributed by atoms with Gasteiger partial charge in [-0.15, -0.1) is 29.1 Å². The zero-order valence-electron chi connectivity index (χ0n) is 15.3. The Morgan fingerprint density at radius 3 is 2.00 bits per heavy atom. The number of quaternary nitrogens is 1. The van der Waals surface area contributed by atoms with E-state index >= 15 is 0 Å². The van der Waals surface area contributed by atoms with Crippen molar-refractivity contribution < 1.29 is 28.5 Å². The lowest BCUT2D eigenvalue weighted by molar-refractivity contribution is -0.890. The number of benzene rings is 1. The van der Waals surface area contributed by atoms with Crippen molar-refractivity contribution in [3.8, 4) is 0 Å². The van der Waals surface area contributed by atoms with E-state index in [2.05, 4.69) is 53.5 Å². The molecule has 3 rings (SSSR count). The van der Waals surface area contributed by atoms with Gasteiger partial charge in [-0.05, 0) is 24.3 Å². The second-order valence-electron chi connectivity index (χ2n) is 7.08. The molecule has 140 valence electrons. The molecule has 1 saturated heterocycles. The molecule has 0 bridgehead atoms. The summed E-state index contributed by atoms with van der Waals surface area (Å²) in [7, 11) is 8.60. The quantitative estimate of drug-likeness (QED) is 0.290. The van der Waals surface area contributed by atoms with Crippen LogP contribution in [0.15, 0.2) is 46.9 Å². The molecule has 2 aliphatic rings. The third-order valence-electron chi connectivity index (χ3n) is 4.71. The van der Waals surface area contributed by atoms with Gasteiger partial charge in [0.05, 0.1) is 46.0 Å². The number of rotatable bonds is 3. The fourth-order valence-electron chi connectivity index (χ4n) is 2.93. The van der Waals surface area contributed by atoms with Crippen molar-refractivity contribution in [2.45, 2.75) is 6.29 Å². The van der Waals surface area contributed by atoms with Gasteiger partial charge in [0.1, 0.15) is 0 Å². The first-order valence-electron chi connectivity index (χ1n) is 8.15. The summed E-state index contributed by atoms with van der Waals surface area (Å²) in [5, 5.41) is 8.79. The second-order valence-corrected chi connectivity index (χ2v) is 7.08. The average Bonchev–Trinajstić information content (AvgIpc) is 2.85. The Morgan fingerprint density at radius 1 is 0.960 bits per heavy atom. The Labute approximate surface area is 185 Å². The van der Waals surface area contributed by atoms with E-state index in [-0.39, 0.29) is 54.2 Å². The van der Waals surface area contributed by atoms with Crippen molar-refractivity contribution in [3.63, 3.8) is 0 Å². The molecule has 0 aromatic heterocycles. The maximum atomic E-state index is 4.41. The zero-order chi connectivity index (χ0) is 16.4. The second kappa shape index (κ2) is 9.36. The monoisotopic (exact) mass is 570 g/mol. The molecule has 0 unspecified atom stereocenters. The summed E-state index contributed by atoms with van der Waals surface area (Å²) in [6, 6.07) is 8.41. The van der Waals surface area contributed by atoms with Crippen LogP contribution in [0.25, 0.3) is 0 Å². The predicted octanol–water partition coefficient (Wildman–Crippen LogP) is -0.0793. The lowest BCUT2D eigenvalue weighted by atomic mass is 10.2. The first kappa shape index (κ1) is 22.4. The van der Waals surface area contributed by atoms with Crippen molar-refractivity contribution in [3.05, 3.63) is 36.7 Å². The third-order valence-corrected chi connectivity index (χ3v) is 4.71. The number of anilines is 1. The van der Waals surface area contributed by atoms with E-state index in [9.17, 15) is 0 Å². The maximum Gasteiger partial charge on any atom is 0.217 e. The summed E-state index contributed by atoms with van der Waals surface area (Å²) in [6.45, 7) is 4.60. The number of hydrogen-bond donors (Lipinski definition) is 0. The van der Waals surface area contributed by atoms with Crippen LogP contribution in [0, 0.1) is 0 Å². The minimum atomic E-state index is -0.0447. The number of piperazine rings is 1. The van der Waals surface area contributed by atoms with Crippen molar-refractivity contribution in [2.24, 2.45) is 10.2 Å². The van der Waals surface area contributed by atoms with Gasteiger partial charge in [0.15, 0.2) is 0 Å². The van der Waals surface area contributed by atoms with Gasteiger partial charge < -0.3 is 43.2 Å². The average molecular weight is 570 g/mol. The molecule has 6 nitrogen and oxygen atoms in total. The molecule has 0 radical (unpaired) electrons. The molecule has 2 heterocycles. The van der Waals surface area contributed by atoms with E-state index in [1.807, 2.05) is 36.3 Å². The van der Waals surface area contributed by atoms with Gasteiger partial charge >= 0.3 is 0 Å². The van der Waals surface area contributed by atoms with Crippen molar-refractivity contribution >= 4 is 35.4 Å². The molecule has 1 fully saturated rings. The largest absolute Gasteiger partial charge is 1.00 e. The molecule has 0 aliphatic carbocycles. The highest BCUT2D eigenvalue weighted by Crippen LogP contribution is 2.23. The molecular weight excluding hydrogens is 542 g/mol. The van der Waals surface area contributed by atoms with Gasteiger partial charge in [-0.2, -0.15) is 5.11 Å². The van der Waals surface area contributed by atoms with Gasteiger partial charge in [0.2, 0.25) is 6.29 Å². The summed E-state index contributed by atoms with van der Waals surface area (Å²) < 4.78 is 1.11. The Morgan fingerprint density at radius 2 is 1.48 bits per heavy atom. The van der Waals surface area contributed by atoms with Crippen LogP contribution in [0.3, 0.4) is 0 Å². The summed E-state index contributed by atoms with van der Waals surface area (Å²) in [4.78, 5) is 6.52. The van der Waals surface area contributed by atoms with Crippen LogP contribution in [-0.4, -0.2) is 74.9 Å². The van der Waals surface area contributed by atoms with Gasteiger partial charge in [-0.3, -0.25) is 0 Å². The van der Waals surface area contributed by atoms with Crippen LogP contribution in [0.2, 0.25) is 0 Å². The highest BCUT2D eigenvalue weighted by molar-refractivity contribution is 14.0. The van der Waals surface area contributed by atoms with Crippen LogP contribution in [-0.2, 0) is 0 Å². The molecule has 2 aliphatic heterocycles. The Balaban J connectivity index is 0.00000156. The molecule has 25 heavy (non-hydrogen) atoms. The Bertz CT molecular complexity index is 580. The van der Waals surface area contributed by atoms with Crippen LogP contribution < -0.4 is 28.9 Å². The molecule has 0 saturated carbocycles. The van der Waals surface area contributed by atoms with Gasteiger partial charge in [0, 0.05) is 32.2 Å². The van der Waals surface area contributed by atoms with E-state index in [1.54, 1.807) is 0 Å². The highest BCUT2D eigenvalue weighted by Gasteiger charge is 2.24. The number of azo groups is 1. The summed E-state index contributed by atoms with van der Waals surface area (Å²) >= 11 is 0. The predicted molar refractivity (Wildman–Crippen MR) is 109 cm³/mol. The minimum absolute atomic E-state index is 0. The third kappa shape index (κ3) is 5.68. The fourth-order valence-corrected chi connectivity index (χ4v) is 2.93. The SMILES string of the molecule is CN1C=CN(C)C1N=Nc1ccc(N2CC[N+](C)(C)CC2)cc1.I.[I-]. The van der Waals surface area contributed by atoms with E-state index in [4.69, 9.17) is 0 Å². The smallest absolute Gasteiger partial charge is 0.217 e. The standard InChI is InChI=1S/C17H27N6.2HI/c1-20-9-10-21(2)17(20)19-18-15-5-7-16(8-6-15)22-11-13-23(3,4)14-12-22;;/h5-10,17H,11-14H2,1-4H3;2*1H/q+1;;/p-1. The molecule has 0 atom stereocenters. The first-order valence-corrected chi connectivity index (χ1v) is 8.15. The van der Waals surface area contributed by atoms with Crippen LogP contribution in [0.5, 0.6) is 0 Å². The van der Waals surface area contributed by atoms with Gasteiger partial charge in [-0.25, -0.2) is 0 Å². The molecule has 0 N–H and O–H groups in total. The molecule has 0 amide bonds. The molecule has 1 aromatic rings. The van der Waals surface area contributed by atoms with E-state index in [0.717, 1.165) is 23.3 Å². The van der Waals surface area contributed by atoms with E-state index in [0.29, 0.717) is 0 Å². The lowest BCUT2D eigenvalue weighted by Crippen LogP contribution is -3.00. The normalized spacial score (nSPS) is 19.9. The fraction of sp³-hybridized carbons (Fsp3) is 0.529. The van der Waals surface area contributed by atoms with E-state index < -0.39 is 0 Å². The summed E-state index contributed by atoms with van der Waals surface area (Å²) in [5.74, 6) is 0. The van der Waals surface area contributed by atoms with Crippen molar-refractivity contribution in [1.82, 2.24) is 9.80 Å². The molecule has 8 heteroatoms. The first-order chi connectivity index (χ1) is 10.9. The van der Waals surface area contributed by atoms with Gasteiger partial charge in [-0.1, -0.05) is 0 Å². The number of nitrogens with zero attached hydrogens (tertiary/aromatic N) is 6. The maximum absolute atomic E-state index is 4.41. The number of halogens is 2. The summed E-state index contributed by atoms with van der Waals surface area (Å²) in [5.41, 5.74) is 2.18. The van der Waals surface area contributed by atoms with E-state index in [1.165, 1.54) is 18.8 Å². The lowest BCUT2D eigenvalue weighted by Gasteiger charge is -2.40. The minimum Gasteiger partial charge on any atom is -1.00 e. The molecule has 1 aromatic carbocycles. The highest BCUT2D eigenvalue weighted by atomic mass is 127. The Hall–Kier alpha value is -0.620. The van der Waals surface area contributed by atoms with Gasteiger partial charge in [0.25, 0.3) is 0 Å². The number of likely N-dealkylation sites (N-methyl/N-ethyl adjacent to an activating group) is 1. The van der Waals surface area contributed by atoms with Crippen LogP contribution >= 0.6 is 24.0 Å². The Kier molecular flexibility index (Phi) is 8.39.